The topological polar surface area (TPSA) is 72.0 Å². The van der Waals surface area contributed by atoms with E-state index in [0.717, 1.165) is 19.4 Å². The van der Waals surface area contributed by atoms with Crippen LogP contribution in [0.25, 0.3) is 0 Å². The number of rotatable bonds is 6. The highest BCUT2D eigenvalue weighted by molar-refractivity contribution is 5.85. The Labute approximate surface area is 118 Å². The summed E-state index contributed by atoms with van der Waals surface area (Å²) in [4.78, 5) is 23.1. The fourth-order valence-electron chi connectivity index (χ4n) is 2.24. The zero-order valence-corrected chi connectivity index (χ0v) is 11.5. The third-order valence-corrected chi connectivity index (χ3v) is 3.33. The first-order valence-electron chi connectivity index (χ1n) is 7.06. The van der Waals surface area contributed by atoms with Gasteiger partial charge in [0.1, 0.15) is 6.42 Å². The summed E-state index contributed by atoms with van der Waals surface area (Å²) < 4.78 is 5.18. The van der Waals surface area contributed by atoms with E-state index in [9.17, 15) is 9.59 Å². The second-order valence-corrected chi connectivity index (χ2v) is 4.94. The third kappa shape index (κ3) is 4.66. The lowest BCUT2D eigenvalue weighted by atomic mass is 10.1. The molecule has 0 spiro atoms. The molecule has 0 aromatic heterocycles. The van der Waals surface area contributed by atoms with E-state index in [-0.39, 0.29) is 24.3 Å². The summed E-state index contributed by atoms with van der Waals surface area (Å²) in [6.07, 6.45) is 1.84. The SMILES string of the molecule is O=C(C[C@@H]1[NH2+]CCNC1=O)OCCCc1ccccc1. The minimum Gasteiger partial charge on any atom is -0.465 e. The lowest BCUT2D eigenvalue weighted by Crippen LogP contribution is -2.96. The molecule has 5 nitrogen and oxygen atoms in total. The fraction of sp³-hybridized carbons (Fsp3) is 0.467. The van der Waals surface area contributed by atoms with Crippen LogP contribution in [-0.4, -0.2) is 37.6 Å². The van der Waals surface area contributed by atoms with Crippen LogP contribution in [0, 0.1) is 0 Å². The molecule has 1 aliphatic rings. The Hall–Kier alpha value is -1.88. The summed E-state index contributed by atoms with van der Waals surface area (Å²) in [5.74, 6) is -0.367. The molecule has 1 aliphatic heterocycles. The second-order valence-electron chi connectivity index (χ2n) is 4.94. The second kappa shape index (κ2) is 7.65. The molecule has 20 heavy (non-hydrogen) atoms. The lowest BCUT2D eigenvalue weighted by molar-refractivity contribution is -0.678. The van der Waals surface area contributed by atoms with Crippen molar-refractivity contribution in [2.75, 3.05) is 19.7 Å². The molecule has 108 valence electrons. The molecule has 5 heteroatoms. The average molecular weight is 277 g/mol. The summed E-state index contributed by atoms with van der Waals surface area (Å²) in [6.45, 7) is 1.89. The molecule has 0 radical (unpaired) electrons. The molecule has 0 unspecified atom stereocenters. The molecule has 1 saturated heterocycles. The van der Waals surface area contributed by atoms with Crippen molar-refractivity contribution >= 4 is 11.9 Å². The van der Waals surface area contributed by atoms with Gasteiger partial charge in [0.15, 0.2) is 6.04 Å². The quantitative estimate of drug-likeness (QED) is 0.550. The number of nitrogens with two attached hydrogens (primary N) is 1. The molecular formula is C15H21N2O3+. The maximum absolute atomic E-state index is 11.6. The van der Waals surface area contributed by atoms with Gasteiger partial charge in [-0.1, -0.05) is 30.3 Å². The standard InChI is InChI=1S/C15H20N2O3/c18-14(11-13-15(19)17-9-8-16-13)20-10-4-7-12-5-2-1-3-6-12/h1-3,5-6,13,16H,4,7-11H2,(H,17,19)/p+1/t13-/m0/s1. The van der Waals surface area contributed by atoms with Crippen LogP contribution in [0.3, 0.4) is 0 Å². The van der Waals surface area contributed by atoms with Gasteiger partial charge < -0.3 is 15.4 Å². The molecule has 1 amide bonds. The van der Waals surface area contributed by atoms with E-state index in [1.54, 1.807) is 0 Å². The minimum atomic E-state index is -0.328. The Morgan fingerprint density at radius 1 is 1.35 bits per heavy atom. The Bertz CT molecular complexity index is 448. The average Bonchev–Trinajstić information content (AvgIpc) is 2.47. The van der Waals surface area contributed by atoms with Crippen LogP contribution >= 0.6 is 0 Å². The molecule has 1 aromatic carbocycles. The zero-order chi connectivity index (χ0) is 14.2. The van der Waals surface area contributed by atoms with Crippen LogP contribution in [0.4, 0.5) is 0 Å². The number of carbonyl (C=O) groups excluding carboxylic acids is 2. The number of ether oxygens (including phenoxy) is 1. The summed E-state index contributed by atoms with van der Waals surface area (Å²) in [5.41, 5.74) is 1.24. The molecular weight excluding hydrogens is 256 g/mol. The van der Waals surface area contributed by atoms with Crippen molar-refractivity contribution in [3.05, 3.63) is 35.9 Å². The molecule has 0 bridgehead atoms. The summed E-state index contributed by atoms with van der Waals surface area (Å²) >= 11 is 0. The predicted octanol–water partition coefficient (Wildman–Crippen LogP) is -0.386. The minimum absolute atomic E-state index is 0.0718. The number of amides is 1. The van der Waals surface area contributed by atoms with Crippen LogP contribution in [-0.2, 0) is 20.7 Å². The first-order chi connectivity index (χ1) is 9.75. The summed E-state index contributed by atoms with van der Waals surface area (Å²) in [7, 11) is 0. The molecule has 2 rings (SSSR count). The Kier molecular flexibility index (Phi) is 5.55. The number of hydrogen-bond donors (Lipinski definition) is 2. The fourth-order valence-corrected chi connectivity index (χ4v) is 2.24. The first kappa shape index (κ1) is 14.5. The van der Waals surface area contributed by atoms with E-state index < -0.39 is 0 Å². The number of piperazine rings is 1. The monoisotopic (exact) mass is 277 g/mol. The Morgan fingerprint density at radius 3 is 2.90 bits per heavy atom. The third-order valence-electron chi connectivity index (χ3n) is 3.33. The summed E-state index contributed by atoms with van der Waals surface area (Å²) in [6, 6.07) is 9.77. The van der Waals surface area contributed by atoms with Crippen molar-refractivity contribution in [1.82, 2.24) is 5.32 Å². The Balaban J connectivity index is 1.61. The highest BCUT2D eigenvalue weighted by Crippen LogP contribution is 2.03. The zero-order valence-electron chi connectivity index (χ0n) is 11.5. The number of hydrogen-bond acceptors (Lipinski definition) is 3. The van der Waals surface area contributed by atoms with E-state index in [1.807, 2.05) is 23.5 Å². The van der Waals surface area contributed by atoms with Crippen molar-refractivity contribution in [3.8, 4) is 0 Å². The van der Waals surface area contributed by atoms with Gasteiger partial charge in [-0.15, -0.1) is 0 Å². The number of nitrogens with one attached hydrogen (secondary N) is 1. The number of esters is 1. The highest BCUT2D eigenvalue weighted by atomic mass is 16.5. The van der Waals surface area contributed by atoms with Crippen molar-refractivity contribution in [1.29, 1.82) is 0 Å². The molecule has 1 aromatic rings. The summed E-state index contributed by atoms with van der Waals surface area (Å²) in [5, 5.41) is 4.64. The smallest absolute Gasteiger partial charge is 0.312 e. The van der Waals surface area contributed by atoms with Crippen molar-refractivity contribution < 1.29 is 19.6 Å². The van der Waals surface area contributed by atoms with Gasteiger partial charge in [0, 0.05) is 0 Å². The maximum atomic E-state index is 11.6. The molecule has 1 atom stereocenters. The van der Waals surface area contributed by atoms with Crippen LogP contribution in [0.15, 0.2) is 30.3 Å². The van der Waals surface area contributed by atoms with Gasteiger partial charge in [-0.3, -0.25) is 9.59 Å². The van der Waals surface area contributed by atoms with E-state index >= 15 is 0 Å². The van der Waals surface area contributed by atoms with Crippen molar-refractivity contribution in [2.24, 2.45) is 0 Å². The van der Waals surface area contributed by atoms with Crippen LogP contribution in [0.5, 0.6) is 0 Å². The first-order valence-corrected chi connectivity index (χ1v) is 7.06. The molecule has 3 N–H and O–H groups in total. The highest BCUT2D eigenvalue weighted by Gasteiger charge is 2.28. The van der Waals surface area contributed by atoms with Crippen LogP contribution in [0.2, 0.25) is 0 Å². The number of aryl methyl sites for hydroxylation is 1. The van der Waals surface area contributed by atoms with Crippen LogP contribution in [0.1, 0.15) is 18.4 Å². The number of benzene rings is 1. The van der Waals surface area contributed by atoms with E-state index in [1.165, 1.54) is 5.56 Å². The van der Waals surface area contributed by atoms with Gasteiger partial charge in [0.2, 0.25) is 0 Å². The largest absolute Gasteiger partial charge is 0.465 e. The van der Waals surface area contributed by atoms with E-state index in [4.69, 9.17) is 4.74 Å². The van der Waals surface area contributed by atoms with E-state index in [0.29, 0.717) is 13.2 Å². The molecule has 1 heterocycles. The molecule has 1 fully saturated rings. The van der Waals surface area contributed by atoms with Gasteiger partial charge in [-0.25, -0.2) is 0 Å². The Morgan fingerprint density at radius 2 is 2.15 bits per heavy atom. The van der Waals surface area contributed by atoms with E-state index in [2.05, 4.69) is 17.4 Å². The van der Waals surface area contributed by atoms with Gasteiger partial charge in [-0.05, 0) is 18.4 Å². The normalized spacial score (nSPS) is 18.4. The van der Waals surface area contributed by atoms with Gasteiger partial charge in [0.05, 0.1) is 19.7 Å². The maximum Gasteiger partial charge on any atom is 0.312 e. The van der Waals surface area contributed by atoms with Gasteiger partial charge in [0.25, 0.3) is 5.91 Å². The predicted molar refractivity (Wildman–Crippen MR) is 73.9 cm³/mol. The van der Waals surface area contributed by atoms with Crippen LogP contribution < -0.4 is 10.6 Å². The van der Waals surface area contributed by atoms with Crippen molar-refractivity contribution in [2.45, 2.75) is 25.3 Å². The lowest BCUT2D eigenvalue weighted by Gasteiger charge is -2.19. The molecule has 0 aliphatic carbocycles. The number of quaternary nitrogens is 1. The van der Waals surface area contributed by atoms with Gasteiger partial charge >= 0.3 is 5.97 Å². The number of carbonyl (C=O) groups is 2. The van der Waals surface area contributed by atoms with Gasteiger partial charge in [-0.2, -0.15) is 0 Å². The molecule has 0 saturated carbocycles. The van der Waals surface area contributed by atoms with Crippen molar-refractivity contribution in [3.63, 3.8) is 0 Å².